The third-order valence-corrected chi connectivity index (χ3v) is 2.81. The Bertz CT molecular complexity index is 853. The van der Waals surface area contributed by atoms with Crippen molar-refractivity contribution in [2.75, 3.05) is 5.73 Å². The number of amides is 1. The molecular weight excluding hydrogens is 302 g/mol. The van der Waals surface area contributed by atoms with E-state index in [0.29, 0.717) is 5.69 Å². The fourth-order valence-electron chi connectivity index (χ4n) is 1.77. The second kappa shape index (κ2) is 6.01. The summed E-state index contributed by atoms with van der Waals surface area (Å²) in [6.07, 6.45) is 4.70. The Morgan fingerprint density at radius 3 is 3.04 bits per heavy atom. The lowest BCUT2D eigenvalue weighted by molar-refractivity contribution is 0.0946. The van der Waals surface area contributed by atoms with Crippen LogP contribution in [0.15, 0.2) is 34.3 Å². The summed E-state index contributed by atoms with van der Waals surface area (Å²) in [6.45, 7) is 1.62. The topological polar surface area (TPSA) is 150 Å². The van der Waals surface area contributed by atoms with E-state index in [4.69, 9.17) is 5.73 Å². The van der Waals surface area contributed by atoms with Crippen molar-refractivity contribution < 1.29 is 9.42 Å². The van der Waals surface area contributed by atoms with E-state index in [9.17, 15) is 4.79 Å². The minimum Gasteiger partial charge on any atom is -0.378 e. The van der Waals surface area contributed by atoms with Crippen molar-refractivity contribution in [3.8, 4) is 5.82 Å². The molecule has 1 amide bonds. The lowest BCUT2D eigenvalue weighted by Gasteiger charge is -2.02. The van der Waals surface area contributed by atoms with Gasteiger partial charge in [-0.2, -0.15) is 9.78 Å². The van der Waals surface area contributed by atoms with Crippen molar-refractivity contribution in [3.63, 3.8) is 0 Å². The smallest absolute Gasteiger partial charge is 0.292 e. The summed E-state index contributed by atoms with van der Waals surface area (Å²) in [6, 6.07) is 3.55. The van der Waals surface area contributed by atoms with Gasteiger partial charge >= 0.3 is 0 Å². The largest absolute Gasteiger partial charge is 0.378 e. The summed E-state index contributed by atoms with van der Waals surface area (Å²) in [7, 11) is 0. The molecule has 0 aliphatic rings. The van der Waals surface area contributed by atoms with Gasteiger partial charge in [0.25, 0.3) is 5.91 Å². The van der Waals surface area contributed by atoms with E-state index in [1.807, 2.05) is 0 Å². The zero-order valence-electron chi connectivity index (χ0n) is 11.9. The molecular formula is C12H11N9O2. The molecule has 0 radical (unpaired) electrons. The molecule has 11 nitrogen and oxygen atoms in total. The minimum absolute atomic E-state index is 0.0113. The van der Waals surface area contributed by atoms with Crippen LogP contribution < -0.4 is 11.2 Å². The molecule has 0 bridgehead atoms. The number of carbonyl (C=O) groups excluding carboxylic acids is 1. The lowest BCUT2D eigenvalue weighted by atomic mass is 10.3. The first-order valence-corrected chi connectivity index (χ1v) is 6.41. The highest BCUT2D eigenvalue weighted by molar-refractivity contribution is 5.94. The number of aromatic nitrogens is 6. The molecule has 0 aromatic carbocycles. The summed E-state index contributed by atoms with van der Waals surface area (Å²) in [4.78, 5) is 16.2. The monoisotopic (exact) mass is 313 g/mol. The normalized spacial score (nSPS) is 11.0. The van der Waals surface area contributed by atoms with Crippen molar-refractivity contribution >= 4 is 17.9 Å². The number of nitrogen functional groups attached to an aromatic ring is 1. The number of rotatable bonds is 4. The number of pyridine rings is 1. The zero-order valence-corrected chi connectivity index (χ0v) is 11.9. The summed E-state index contributed by atoms with van der Waals surface area (Å²) < 4.78 is 5.64. The van der Waals surface area contributed by atoms with E-state index in [-0.39, 0.29) is 17.3 Å². The third-order valence-electron chi connectivity index (χ3n) is 2.81. The Morgan fingerprint density at radius 1 is 1.48 bits per heavy atom. The van der Waals surface area contributed by atoms with E-state index >= 15 is 0 Å². The van der Waals surface area contributed by atoms with Crippen LogP contribution in [0, 0.1) is 6.92 Å². The van der Waals surface area contributed by atoms with Crippen LogP contribution in [-0.2, 0) is 0 Å². The van der Waals surface area contributed by atoms with Gasteiger partial charge in [0.1, 0.15) is 0 Å². The van der Waals surface area contributed by atoms with E-state index < -0.39 is 5.91 Å². The molecule has 0 spiro atoms. The standard InChI is InChI=1S/C12H11N9O2/c1-7-9(21(20-16-7)11-10(13)18-23-19-11)12(22)17-15-6-8-3-2-4-14-5-8/h2-6H,1H3,(H2,13,18)(H,17,22)/b15-6+. The van der Waals surface area contributed by atoms with Crippen LogP contribution in [0.4, 0.5) is 5.82 Å². The van der Waals surface area contributed by atoms with Crippen molar-refractivity contribution in [2.45, 2.75) is 6.92 Å². The van der Waals surface area contributed by atoms with Crippen LogP contribution in [0.25, 0.3) is 5.82 Å². The maximum atomic E-state index is 12.3. The average Bonchev–Trinajstić information content (AvgIpc) is 3.13. The molecule has 23 heavy (non-hydrogen) atoms. The van der Waals surface area contributed by atoms with Crippen LogP contribution in [0.2, 0.25) is 0 Å². The molecule has 3 N–H and O–H groups in total. The van der Waals surface area contributed by atoms with E-state index in [2.05, 4.69) is 40.8 Å². The first kappa shape index (κ1) is 14.3. The van der Waals surface area contributed by atoms with Crippen molar-refractivity contribution in [1.82, 2.24) is 35.7 Å². The summed E-state index contributed by atoms with van der Waals surface area (Å²) in [5.74, 6) is -0.468. The van der Waals surface area contributed by atoms with Crippen molar-refractivity contribution in [1.29, 1.82) is 0 Å². The van der Waals surface area contributed by atoms with E-state index in [1.54, 1.807) is 31.5 Å². The highest BCUT2D eigenvalue weighted by atomic mass is 16.6. The summed E-state index contributed by atoms with van der Waals surface area (Å²) in [5, 5.41) is 18.5. The predicted molar refractivity (Wildman–Crippen MR) is 77.7 cm³/mol. The van der Waals surface area contributed by atoms with Crippen molar-refractivity contribution in [2.24, 2.45) is 5.10 Å². The van der Waals surface area contributed by atoms with Crippen LogP contribution in [0.5, 0.6) is 0 Å². The molecule has 0 atom stereocenters. The molecule has 11 heteroatoms. The summed E-state index contributed by atoms with van der Waals surface area (Å²) in [5.41, 5.74) is 9.22. The van der Waals surface area contributed by atoms with Gasteiger partial charge in [-0.1, -0.05) is 11.3 Å². The second-order valence-electron chi connectivity index (χ2n) is 4.39. The molecule has 3 aromatic heterocycles. The molecule has 0 saturated carbocycles. The van der Waals surface area contributed by atoms with Crippen LogP contribution in [-0.4, -0.2) is 42.4 Å². The molecule has 3 aromatic rings. The molecule has 0 unspecified atom stereocenters. The van der Waals surface area contributed by atoms with Gasteiger partial charge in [0.15, 0.2) is 5.69 Å². The number of anilines is 1. The number of nitrogens with one attached hydrogen (secondary N) is 1. The maximum absolute atomic E-state index is 12.3. The number of hydrazone groups is 1. The fraction of sp³-hybridized carbons (Fsp3) is 0.0833. The van der Waals surface area contributed by atoms with Gasteiger partial charge in [-0.25, -0.2) is 10.1 Å². The number of nitrogens with zero attached hydrogens (tertiary/aromatic N) is 7. The first-order chi connectivity index (χ1) is 11.2. The molecule has 0 saturated heterocycles. The van der Waals surface area contributed by atoms with E-state index in [1.165, 1.54) is 6.21 Å². The molecule has 3 heterocycles. The zero-order chi connectivity index (χ0) is 16.2. The van der Waals surface area contributed by atoms with Gasteiger partial charge in [0.05, 0.1) is 11.9 Å². The fourth-order valence-corrected chi connectivity index (χ4v) is 1.77. The van der Waals surface area contributed by atoms with Gasteiger partial charge < -0.3 is 5.73 Å². The number of nitrogens with two attached hydrogens (primary N) is 1. The second-order valence-corrected chi connectivity index (χ2v) is 4.39. The Morgan fingerprint density at radius 2 is 2.35 bits per heavy atom. The van der Waals surface area contributed by atoms with Gasteiger partial charge in [-0.05, 0) is 23.3 Å². The number of carbonyl (C=O) groups is 1. The number of hydrogen-bond donors (Lipinski definition) is 2. The SMILES string of the molecule is Cc1nnn(-c2nonc2N)c1C(=O)N/N=C/c1cccnc1. The predicted octanol–water partition coefficient (Wildman–Crippen LogP) is -0.300. The maximum Gasteiger partial charge on any atom is 0.292 e. The summed E-state index contributed by atoms with van der Waals surface area (Å²) >= 11 is 0. The van der Waals surface area contributed by atoms with Crippen LogP contribution >= 0.6 is 0 Å². The molecule has 0 aliphatic carbocycles. The average molecular weight is 313 g/mol. The van der Waals surface area contributed by atoms with Crippen LogP contribution in [0.1, 0.15) is 21.7 Å². The molecule has 0 aliphatic heterocycles. The molecule has 0 fully saturated rings. The minimum atomic E-state index is -0.532. The van der Waals surface area contributed by atoms with Gasteiger partial charge in [-0.15, -0.1) is 5.10 Å². The Hall–Kier alpha value is -3.63. The Balaban J connectivity index is 1.82. The highest BCUT2D eigenvalue weighted by Gasteiger charge is 2.22. The van der Waals surface area contributed by atoms with E-state index in [0.717, 1.165) is 10.2 Å². The van der Waals surface area contributed by atoms with Crippen LogP contribution in [0.3, 0.4) is 0 Å². The highest BCUT2D eigenvalue weighted by Crippen LogP contribution is 2.14. The Labute approximate surface area is 129 Å². The first-order valence-electron chi connectivity index (χ1n) is 6.41. The molecule has 116 valence electrons. The third kappa shape index (κ3) is 2.88. The quantitative estimate of drug-likeness (QED) is 0.492. The van der Waals surface area contributed by atoms with Gasteiger partial charge in [0, 0.05) is 18.0 Å². The van der Waals surface area contributed by atoms with Gasteiger partial charge in [-0.3, -0.25) is 9.78 Å². The lowest BCUT2D eigenvalue weighted by Crippen LogP contribution is -2.22. The van der Waals surface area contributed by atoms with Gasteiger partial charge in [0.2, 0.25) is 11.6 Å². The van der Waals surface area contributed by atoms with Crippen molar-refractivity contribution in [3.05, 3.63) is 41.5 Å². The number of aryl methyl sites for hydroxylation is 1. The Kier molecular flexibility index (Phi) is 3.74. The molecule has 3 rings (SSSR count). The number of hydrogen-bond acceptors (Lipinski definition) is 9.